The Labute approximate surface area is 117 Å². The fraction of sp³-hybridized carbons (Fsp3) is 0.462. The summed E-state index contributed by atoms with van der Waals surface area (Å²) in [6.07, 6.45) is 2.35. The van der Waals surface area contributed by atoms with Crippen molar-refractivity contribution in [3.8, 4) is 0 Å². The summed E-state index contributed by atoms with van der Waals surface area (Å²) in [7, 11) is -4.04. The van der Waals surface area contributed by atoms with Crippen LogP contribution in [0.5, 0.6) is 0 Å². The SMILES string of the molecule is CC(CNC(=O)c1cc(F)cc(S(N)(=O)=O)c1)C1CC1. The molecule has 1 aromatic rings. The van der Waals surface area contributed by atoms with E-state index in [1.165, 1.54) is 12.8 Å². The third-order valence-corrected chi connectivity index (χ3v) is 4.37. The molecule has 0 spiro atoms. The number of carbonyl (C=O) groups excluding carboxylic acids is 1. The van der Waals surface area contributed by atoms with Crippen LogP contribution in [0.15, 0.2) is 23.1 Å². The van der Waals surface area contributed by atoms with E-state index in [0.717, 1.165) is 18.2 Å². The molecular weight excluding hydrogens is 283 g/mol. The van der Waals surface area contributed by atoms with Crippen LogP contribution in [0.3, 0.4) is 0 Å². The van der Waals surface area contributed by atoms with Crippen molar-refractivity contribution in [1.82, 2.24) is 5.32 Å². The molecule has 110 valence electrons. The monoisotopic (exact) mass is 300 g/mol. The molecule has 5 nitrogen and oxygen atoms in total. The van der Waals surface area contributed by atoms with E-state index in [1.807, 2.05) is 6.92 Å². The van der Waals surface area contributed by atoms with Gasteiger partial charge in [0.05, 0.1) is 4.90 Å². The maximum absolute atomic E-state index is 13.4. The first-order valence-electron chi connectivity index (χ1n) is 6.39. The normalized spacial score (nSPS) is 16.8. The van der Waals surface area contributed by atoms with E-state index < -0.39 is 26.6 Å². The van der Waals surface area contributed by atoms with Crippen molar-refractivity contribution >= 4 is 15.9 Å². The summed E-state index contributed by atoms with van der Waals surface area (Å²) in [5, 5.41) is 7.62. The summed E-state index contributed by atoms with van der Waals surface area (Å²) < 4.78 is 35.8. The molecule has 0 saturated heterocycles. The quantitative estimate of drug-likeness (QED) is 0.857. The molecule has 0 heterocycles. The smallest absolute Gasteiger partial charge is 0.251 e. The number of benzene rings is 1. The Morgan fingerprint density at radius 2 is 2.10 bits per heavy atom. The number of nitrogens with one attached hydrogen (secondary N) is 1. The van der Waals surface area contributed by atoms with Gasteiger partial charge in [-0.05, 0) is 42.9 Å². The highest BCUT2D eigenvalue weighted by molar-refractivity contribution is 7.89. The van der Waals surface area contributed by atoms with Gasteiger partial charge in [-0.15, -0.1) is 0 Å². The summed E-state index contributed by atoms with van der Waals surface area (Å²) in [6.45, 7) is 2.53. The molecule has 1 unspecified atom stereocenters. The molecule has 0 radical (unpaired) electrons. The lowest BCUT2D eigenvalue weighted by molar-refractivity contribution is 0.0946. The Balaban J connectivity index is 2.10. The molecule has 1 fully saturated rings. The van der Waals surface area contributed by atoms with Gasteiger partial charge in [0.15, 0.2) is 0 Å². The van der Waals surface area contributed by atoms with Crippen molar-refractivity contribution in [2.24, 2.45) is 17.0 Å². The van der Waals surface area contributed by atoms with Crippen LogP contribution < -0.4 is 10.5 Å². The Morgan fingerprint density at radius 1 is 1.45 bits per heavy atom. The summed E-state index contributed by atoms with van der Waals surface area (Å²) in [4.78, 5) is 11.5. The van der Waals surface area contributed by atoms with E-state index in [0.29, 0.717) is 18.4 Å². The van der Waals surface area contributed by atoms with Gasteiger partial charge in [0.1, 0.15) is 5.82 Å². The van der Waals surface area contributed by atoms with E-state index in [4.69, 9.17) is 5.14 Å². The number of hydrogen-bond donors (Lipinski definition) is 2. The molecule has 3 N–H and O–H groups in total. The van der Waals surface area contributed by atoms with E-state index in [9.17, 15) is 17.6 Å². The minimum absolute atomic E-state index is 0.0444. The first kappa shape index (κ1) is 14.9. The molecule has 2 rings (SSSR count). The van der Waals surface area contributed by atoms with Crippen LogP contribution in [0, 0.1) is 17.7 Å². The van der Waals surface area contributed by atoms with Crippen LogP contribution in [0.1, 0.15) is 30.1 Å². The number of carbonyl (C=O) groups is 1. The zero-order chi connectivity index (χ0) is 14.9. The van der Waals surface area contributed by atoms with Gasteiger partial charge in [0.25, 0.3) is 5.91 Å². The predicted octanol–water partition coefficient (Wildman–Crippen LogP) is 1.25. The number of halogens is 1. The number of rotatable bonds is 5. The summed E-state index contributed by atoms with van der Waals surface area (Å²) in [5.74, 6) is -0.299. The maximum atomic E-state index is 13.4. The van der Waals surface area contributed by atoms with Crippen LogP contribution in [0.4, 0.5) is 4.39 Å². The molecule has 1 amide bonds. The summed E-state index contributed by atoms with van der Waals surface area (Å²) in [6, 6.07) is 2.86. The van der Waals surface area contributed by atoms with Gasteiger partial charge in [-0.3, -0.25) is 4.79 Å². The van der Waals surface area contributed by atoms with Gasteiger partial charge in [-0.2, -0.15) is 0 Å². The highest BCUT2D eigenvalue weighted by Crippen LogP contribution is 2.36. The maximum Gasteiger partial charge on any atom is 0.251 e. The average molecular weight is 300 g/mol. The Bertz CT molecular complexity index is 627. The number of primary sulfonamides is 1. The molecule has 0 bridgehead atoms. The third kappa shape index (κ3) is 3.77. The molecule has 1 aromatic carbocycles. The van der Waals surface area contributed by atoms with Crippen molar-refractivity contribution in [1.29, 1.82) is 0 Å². The molecule has 1 saturated carbocycles. The van der Waals surface area contributed by atoms with Crippen molar-refractivity contribution in [2.45, 2.75) is 24.7 Å². The second-order valence-electron chi connectivity index (χ2n) is 5.25. The van der Waals surface area contributed by atoms with Crippen molar-refractivity contribution < 1.29 is 17.6 Å². The van der Waals surface area contributed by atoms with Crippen LogP contribution in [-0.2, 0) is 10.0 Å². The fourth-order valence-corrected chi connectivity index (χ4v) is 2.61. The standard InChI is InChI=1S/C13H17FN2O3S/c1-8(9-2-3-9)7-16-13(17)10-4-11(14)6-12(5-10)20(15,18)19/h4-6,8-9H,2-3,7H2,1H3,(H,16,17)(H2,15,18,19). The minimum atomic E-state index is -4.04. The van der Waals surface area contributed by atoms with Gasteiger partial charge >= 0.3 is 0 Å². The second-order valence-corrected chi connectivity index (χ2v) is 6.81. The van der Waals surface area contributed by atoms with E-state index in [-0.39, 0.29) is 5.56 Å². The molecule has 7 heteroatoms. The number of hydrogen-bond acceptors (Lipinski definition) is 3. The number of nitrogens with two attached hydrogens (primary N) is 1. The van der Waals surface area contributed by atoms with Crippen LogP contribution in [0.2, 0.25) is 0 Å². The van der Waals surface area contributed by atoms with E-state index >= 15 is 0 Å². The Kier molecular flexibility index (Phi) is 4.10. The Hall–Kier alpha value is -1.47. The van der Waals surface area contributed by atoms with Crippen molar-refractivity contribution in [2.75, 3.05) is 6.54 Å². The van der Waals surface area contributed by atoms with Gasteiger partial charge in [0.2, 0.25) is 10.0 Å². The van der Waals surface area contributed by atoms with E-state index in [2.05, 4.69) is 5.32 Å². The lowest BCUT2D eigenvalue weighted by Gasteiger charge is -2.12. The molecule has 0 aliphatic heterocycles. The summed E-state index contributed by atoms with van der Waals surface area (Å²) in [5.41, 5.74) is -0.0444. The number of sulfonamides is 1. The van der Waals surface area contributed by atoms with Gasteiger partial charge in [-0.1, -0.05) is 6.92 Å². The highest BCUT2D eigenvalue weighted by atomic mass is 32.2. The van der Waals surface area contributed by atoms with Crippen LogP contribution in [0.25, 0.3) is 0 Å². The second kappa shape index (κ2) is 5.49. The van der Waals surface area contributed by atoms with Crippen LogP contribution in [-0.4, -0.2) is 20.9 Å². The van der Waals surface area contributed by atoms with E-state index in [1.54, 1.807) is 0 Å². The first-order valence-corrected chi connectivity index (χ1v) is 7.93. The summed E-state index contributed by atoms with van der Waals surface area (Å²) >= 11 is 0. The van der Waals surface area contributed by atoms with Crippen LogP contribution >= 0.6 is 0 Å². The minimum Gasteiger partial charge on any atom is -0.352 e. The molecule has 1 aliphatic rings. The number of amides is 1. The highest BCUT2D eigenvalue weighted by Gasteiger charge is 2.28. The molecule has 1 atom stereocenters. The molecule has 0 aromatic heterocycles. The molecular formula is C13H17FN2O3S. The topological polar surface area (TPSA) is 89.3 Å². The van der Waals surface area contributed by atoms with Gasteiger partial charge < -0.3 is 5.32 Å². The van der Waals surface area contributed by atoms with Gasteiger partial charge in [0, 0.05) is 12.1 Å². The molecule has 20 heavy (non-hydrogen) atoms. The Morgan fingerprint density at radius 3 is 2.65 bits per heavy atom. The first-order chi connectivity index (χ1) is 9.27. The lowest BCUT2D eigenvalue weighted by Crippen LogP contribution is -2.29. The average Bonchev–Trinajstić information content (AvgIpc) is 3.17. The van der Waals surface area contributed by atoms with Gasteiger partial charge in [-0.25, -0.2) is 17.9 Å². The van der Waals surface area contributed by atoms with Crippen molar-refractivity contribution in [3.05, 3.63) is 29.6 Å². The zero-order valence-corrected chi connectivity index (χ0v) is 11.9. The molecule has 1 aliphatic carbocycles. The largest absolute Gasteiger partial charge is 0.352 e. The fourth-order valence-electron chi connectivity index (χ4n) is 2.05. The third-order valence-electron chi connectivity index (χ3n) is 3.47. The van der Waals surface area contributed by atoms with Crippen molar-refractivity contribution in [3.63, 3.8) is 0 Å². The zero-order valence-electron chi connectivity index (χ0n) is 11.1. The lowest BCUT2D eigenvalue weighted by atomic mass is 10.1. The predicted molar refractivity (Wildman–Crippen MR) is 72.0 cm³/mol.